The van der Waals surface area contributed by atoms with Gasteiger partial charge in [0.05, 0.1) is 37.6 Å². The van der Waals surface area contributed by atoms with E-state index < -0.39 is 23.3 Å². The van der Waals surface area contributed by atoms with E-state index >= 15 is 0 Å². The molecule has 0 radical (unpaired) electrons. The molecule has 1 heterocycles. The minimum Gasteiger partial charge on any atom is -0.497 e. The summed E-state index contributed by atoms with van der Waals surface area (Å²) in [5.41, 5.74) is 6.48. The molecule has 9 nitrogen and oxygen atoms in total. The van der Waals surface area contributed by atoms with Crippen LogP contribution in [0.5, 0.6) is 11.5 Å². The monoisotopic (exact) mass is 495 g/mol. The van der Waals surface area contributed by atoms with E-state index in [4.69, 9.17) is 19.9 Å². The van der Waals surface area contributed by atoms with Crippen LogP contribution in [-0.4, -0.2) is 38.3 Å². The number of amides is 1. The molecule has 37 heavy (non-hydrogen) atoms. The molecule has 0 saturated heterocycles. The number of fused-ring (bicyclic) bond motifs is 1. The average Bonchev–Trinajstić information content (AvgIpc) is 2.95. The number of nitrogens with zero attached hydrogens (tertiary/aromatic N) is 4. The van der Waals surface area contributed by atoms with Crippen LogP contribution in [0.2, 0.25) is 0 Å². The fourth-order valence-electron chi connectivity index (χ4n) is 5.06. The van der Waals surface area contributed by atoms with Gasteiger partial charge in [-0.1, -0.05) is 42.5 Å². The Morgan fingerprint density at radius 1 is 1.11 bits per heavy atom. The summed E-state index contributed by atoms with van der Waals surface area (Å²) in [6, 6.07) is 20.7. The van der Waals surface area contributed by atoms with Gasteiger partial charge < -0.3 is 24.8 Å². The second-order valence-corrected chi connectivity index (χ2v) is 8.73. The SMILES string of the molecule is COc1ccc([C@H]2[C@H]3CN(C(=O)OCc4ccccc4)CC=C3C(C#N)=C(N)C2(C#N)C#N)c(OC)c1. The third-order valence-electron chi connectivity index (χ3n) is 6.90. The van der Waals surface area contributed by atoms with E-state index in [1.807, 2.05) is 30.3 Å². The second kappa shape index (κ2) is 10.4. The lowest BCUT2D eigenvalue weighted by molar-refractivity contribution is 0.0897. The highest BCUT2D eigenvalue weighted by atomic mass is 16.6. The van der Waals surface area contributed by atoms with E-state index in [0.29, 0.717) is 22.6 Å². The lowest BCUT2D eigenvalue weighted by Crippen LogP contribution is -2.49. The Morgan fingerprint density at radius 2 is 1.84 bits per heavy atom. The van der Waals surface area contributed by atoms with Crippen LogP contribution in [0.1, 0.15) is 17.0 Å². The predicted molar refractivity (Wildman–Crippen MR) is 133 cm³/mol. The van der Waals surface area contributed by atoms with Crippen LogP contribution in [0.15, 0.2) is 71.5 Å². The molecule has 2 aromatic rings. The third-order valence-corrected chi connectivity index (χ3v) is 6.90. The number of methoxy groups -OCH3 is 2. The molecule has 2 aliphatic rings. The maximum absolute atomic E-state index is 13.0. The van der Waals surface area contributed by atoms with Crippen LogP contribution in [0.3, 0.4) is 0 Å². The van der Waals surface area contributed by atoms with Crippen molar-refractivity contribution in [1.82, 2.24) is 4.90 Å². The molecule has 2 atom stereocenters. The first-order valence-corrected chi connectivity index (χ1v) is 11.5. The highest BCUT2D eigenvalue weighted by Crippen LogP contribution is 2.56. The van der Waals surface area contributed by atoms with Crippen molar-refractivity contribution in [1.29, 1.82) is 15.8 Å². The zero-order valence-corrected chi connectivity index (χ0v) is 20.5. The highest BCUT2D eigenvalue weighted by molar-refractivity contribution is 5.70. The van der Waals surface area contributed by atoms with Crippen LogP contribution < -0.4 is 15.2 Å². The van der Waals surface area contributed by atoms with Gasteiger partial charge in [-0.15, -0.1) is 0 Å². The van der Waals surface area contributed by atoms with Gasteiger partial charge >= 0.3 is 6.09 Å². The van der Waals surface area contributed by atoms with Crippen molar-refractivity contribution in [3.63, 3.8) is 0 Å². The predicted octanol–water partition coefficient (Wildman–Crippen LogP) is 3.77. The molecular weight excluding hydrogens is 470 g/mol. The smallest absolute Gasteiger partial charge is 0.410 e. The topological polar surface area (TPSA) is 145 Å². The normalized spacial score (nSPS) is 19.9. The third kappa shape index (κ3) is 4.30. The van der Waals surface area contributed by atoms with Crippen molar-refractivity contribution in [3.05, 3.63) is 82.6 Å². The van der Waals surface area contributed by atoms with E-state index in [1.165, 1.54) is 19.1 Å². The lowest BCUT2D eigenvalue weighted by Gasteiger charge is -2.45. The fourth-order valence-corrected chi connectivity index (χ4v) is 5.06. The number of allylic oxidation sites excluding steroid dienone is 2. The molecule has 0 spiro atoms. The number of carbonyl (C=O) groups is 1. The largest absolute Gasteiger partial charge is 0.497 e. The van der Waals surface area contributed by atoms with Crippen molar-refractivity contribution in [2.45, 2.75) is 12.5 Å². The Bertz CT molecular complexity index is 1380. The van der Waals surface area contributed by atoms with Crippen LogP contribution in [0.4, 0.5) is 4.79 Å². The molecule has 0 fully saturated rings. The molecule has 186 valence electrons. The molecule has 9 heteroatoms. The van der Waals surface area contributed by atoms with E-state index in [2.05, 4.69) is 18.2 Å². The molecule has 4 rings (SSSR count). The Morgan fingerprint density at radius 3 is 2.46 bits per heavy atom. The summed E-state index contributed by atoms with van der Waals surface area (Å²) in [5, 5.41) is 30.6. The fraction of sp³-hybridized carbons (Fsp3) is 0.286. The summed E-state index contributed by atoms with van der Waals surface area (Å²) in [6.45, 7) is 0.406. The van der Waals surface area contributed by atoms with Crippen molar-refractivity contribution in [3.8, 4) is 29.7 Å². The van der Waals surface area contributed by atoms with Crippen molar-refractivity contribution >= 4 is 6.09 Å². The molecule has 0 unspecified atom stereocenters. The van der Waals surface area contributed by atoms with Gasteiger partial charge in [0, 0.05) is 36.6 Å². The number of benzene rings is 2. The first-order valence-electron chi connectivity index (χ1n) is 11.5. The van der Waals surface area contributed by atoms with Crippen LogP contribution in [-0.2, 0) is 11.3 Å². The van der Waals surface area contributed by atoms with Gasteiger partial charge in [0.15, 0.2) is 5.41 Å². The van der Waals surface area contributed by atoms with Gasteiger partial charge in [0.2, 0.25) is 0 Å². The number of nitriles is 3. The number of nitrogens with two attached hydrogens (primary N) is 1. The lowest BCUT2D eigenvalue weighted by atomic mass is 9.58. The summed E-state index contributed by atoms with van der Waals surface area (Å²) in [4.78, 5) is 14.5. The molecular formula is C28H25N5O4. The molecule has 1 aliphatic heterocycles. The van der Waals surface area contributed by atoms with E-state index in [0.717, 1.165) is 5.56 Å². The standard InChI is InChI=1S/C28H25N5O4/c1-35-19-8-9-21(24(12-19)36-2)25-23-14-33(27(34)37-15-18-6-4-3-5-7-18)11-10-20(23)22(13-29)26(32)28(25,16-30)17-31/h3-10,12,23,25H,11,14-15,32H2,1-2H3/t23-,25-/m0/s1. The number of hydrogen-bond donors (Lipinski definition) is 1. The van der Waals surface area contributed by atoms with Gasteiger partial charge in [-0.05, 0) is 17.2 Å². The Kier molecular flexibility index (Phi) is 7.04. The molecule has 0 aromatic heterocycles. The zero-order chi connectivity index (χ0) is 26.6. The summed E-state index contributed by atoms with van der Waals surface area (Å²) >= 11 is 0. The summed E-state index contributed by atoms with van der Waals surface area (Å²) < 4.78 is 16.4. The Labute approximate surface area is 215 Å². The Hall–Kier alpha value is -4.94. The molecule has 1 aliphatic carbocycles. The van der Waals surface area contributed by atoms with E-state index in [-0.39, 0.29) is 31.0 Å². The van der Waals surface area contributed by atoms with Gasteiger partial charge in [-0.2, -0.15) is 15.8 Å². The number of hydrogen-bond acceptors (Lipinski definition) is 8. The molecule has 0 bridgehead atoms. The van der Waals surface area contributed by atoms with E-state index in [1.54, 1.807) is 24.3 Å². The van der Waals surface area contributed by atoms with Crippen LogP contribution in [0, 0.1) is 45.3 Å². The van der Waals surface area contributed by atoms with Crippen LogP contribution in [0.25, 0.3) is 0 Å². The Balaban J connectivity index is 1.79. The summed E-state index contributed by atoms with van der Waals surface area (Å²) in [7, 11) is 3.00. The average molecular weight is 496 g/mol. The van der Waals surface area contributed by atoms with Crippen LogP contribution >= 0.6 is 0 Å². The zero-order valence-electron chi connectivity index (χ0n) is 20.5. The molecule has 2 aromatic carbocycles. The second-order valence-electron chi connectivity index (χ2n) is 8.73. The molecule has 2 N–H and O–H groups in total. The quantitative estimate of drug-likeness (QED) is 0.660. The van der Waals surface area contributed by atoms with Crippen molar-refractivity contribution in [2.75, 3.05) is 27.3 Å². The number of rotatable bonds is 5. The maximum Gasteiger partial charge on any atom is 0.410 e. The first kappa shape index (κ1) is 25.2. The maximum atomic E-state index is 13.0. The van der Waals surface area contributed by atoms with Crippen molar-refractivity contribution < 1.29 is 19.0 Å². The van der Waals surface area contributed by atoms with Crippen molar-refractivity contribution in [2.24, 2.45) is 17.1 Å². The molecule has 0 saturated carbocycles. The van der Waals surface area contributed by atoms with Gasteiger partial charge in [0.25, 0.3) is 0 Å². The van der Waals surface area contributed by atoms with Gasteiger partial charge in [-0.25, -0.2) is 4.79 Å². The first-order chi connectivity index (χ1) is 17.9. The summed E-state index contributed by atoms with van der Waals surface area (Å²) in [5.74, 6) is -0.503. The molecule has 1 amide bonds. The number of ether oxygens (including phenoxy) is 3. The van der Waals surface area contributed by atoms with Gasteiger partial charge in [-0.3, -0.25) is 0 Å². The highest BCUT2D eigenvalue weighted by Gasteiger charge is 2.55. The van der Waals surface area contributed by atoms with E-state index in [9.17, 15) is 20.6 Å². The minimum absolute atomic E-state index is 0.0918. The number of carbonyl (C=O) groups excluding carboxylic acids is 1. The summed E-state index contributed by atoms with van der Waals surface area (Å²) in [6.07, 6.45) is 1.20. The minimum atomic E-state index is -1.87. The van der Waals surface area contributed by atoms with Gasteiger partial charge in [0.1, 0.15) is 24.2 Å².